The molecule has 0 bridgehead atoms. The first-order valence-corrected chi connectivity index (χ1v) is 6.35. The van der Waals surface area contributed by atoms with E-state index in [2.05, 4.69) is 0 Å². The van der Waals surface area contributed by atoms with Crippen LogP contribution in [-0.2, 0) is 17.5 Å². The summed E-state index contributed by atoms with van der Waals surface area (Å²) in [5, 5.41) is 10.2. The summed E-state index contributed by atoms with van der Waals surface area (Å²) >= 11 is 0. The van der Waals surface area contributed by atoms with Gasteiger partial charge < -0.3 is 9.84 Å². The Morgan fingerprint density at radius 2 is 1.71 bits per heavy atom. The van der Waals surface area contributed by atoms with Crippen LogP contribution in [0.2, 0.25) is 0 Å². The summed E-state index contributed by atoms with van der Waals surface area (Å²) in [7, 11) is 1.57. The van der Waals surface area contributed by atoms with Crippen LogP contribution in [0.4, 0.5) is 13.2 Å². The van der Waals surface area contributed by atoms with Crippen molar-refractivity contribution in [3.05, 3.63) is 70.8 Å². The van der Waals surface area contributed by atoms with Gasteiger partial charge in [0.05, 0.1) is 12.2 Å². The van der Waals surface area contributed by atoms with Gasteiger partial charge in [0.25, 0.3) is 0 Å². The SMILES string of the molecule is COCc1ccc(C(O)c2cccc(C(F)(F)F)c2)cc1. The number of methoxy groups -OCH3 is 1. The molecule has 0 aliphatic carbocycles. The van der Waals surface area contributed by atoms with Crippen molar-refractivity contribution >= 4 is 0 Å². The quantitative estimate of drug-likeness (QED) is 0.926. The highest BCUT2D eigenvalue weighted by Crippen LogP contribution is 2.32. The predicted octanol–water partition coefficient (Wildman–Crippen LogP) is 3.93. The number of rotatable bonds is 4. The molecule has 0 spiro atoms. The number of halogens is 3. The van der Waals surface area contributed by atoms with Crippen molar-refractivity contribution in [1.82, 2.24) is 0 Å². The Hall–Kier alpha value is -1.85. The summed E-state index contributed by atoms with van der Waals surface area (Å²) in [4.78, 5) is 0. The monoisotopic (exact) mass is 296 g/mol. The smallest absolute Gasteiger partial charge is 0.384 e. The molecule has 0 aliphatic rings. The van der Waals surface area contributed by atoms with Gasteiger partial charge in [-0.15, -0.1) is 0 Å². The van der Waals surface area contributed by atoms with Gasteiger partial charge in [-0.05, 0) is 28.8 Å². The van der Waals surface area contributed by atoms with E-state index in [9.17, 15) is 18.3 Å². The van der Waals surface area contributed by atoms with Gasteiger partial charge in [0.2, 0.25) is 0 Å². The Bertz CT molecular complexity index is 591. The summed E-state index contributed by atoms with van der Waals surface area (Å²) < 4.78 is 43.0. The van der Waals surface area contributed by atoms with Crippen LogP contribution in [-0.4, -0.2) is 12.2 Å². The van der Waals surface area contributed by atoms with E-state index >= 15 is 0 Å². The standard InChI is InChI=1S/C16H15F3O2/c1-21-10-11-5-7-12(8-6-11)15(20)13-3-2-4-14(9-13)16(17,18)19/h2-9,15,20H,10H2,1H3. The third kappa shape index (κ3) is 3.83. The molecule has 0 saturated heterocycles. The molecule has 112 valence electrons. The maximum atomic E-state index is 12.7. The molecule has 0 radical (unpaired) electrons. The van der Waals surface area contributed by atoms with Gasteiger partial charge in [0.1, 0.15) is 6.10 Å². The molecule has 21 heavy (non-hydrogen) atoms. The lowest BCUT2D eigenvalue weighted by molar-refractivity contribution is -0.137. The third-order valence-electron chi connectivity index (χ3n) is 3.14. The number of ether oxygens (including phenoxy) is 1. The third-order valence-corrected chi connectivity index (χ3v) is 3.14. The van der Waals surface area contributed by atoms with E-state index in [0.717, 1.165) is 17.7 Å². The van der Waals surface area contributed by atoms with Crippen molar-refractivity contribution < 1.29 is 23.0 Å². The predicted molar refractivity (Wildman–Crippen MR) is 72.7 cm³/mol. The number of aliphatic hydroxyl groups excluding tert-OH is 1. The fourth-order valence-electron chi connectivity index (χ4n) is 2.04. The van der Waals surface area contributed by atoms with E-state index in [0.29, 0.717) is 12.2 Å². The first-order chi connectivity index (χ1) is 9.91. The van der Waals surface area contributed by atoms with E-state index in [1.165, 1.54) is 12.1 Å². The van der Waals surface area contributed by atoms with E-state index < -0.39 is 17.8 Å². The van der Waals surface area contributed by atoms with Crippen molar-refractivity contribution in [3.8, 4) is 0 Å². The molecule has 2 aromatic rings. The Labute approximate surface area is 120 Å². The van der Waals surface area contributed by atoms with Crippen LogP contribution in [0.25, 0.3) is 0 Å². The average Bonchev–Trinajstić information content (AvgIpc) is 2.47. The molecule has 2 nitrogen and oxygen atoms in total. The molecule has 2 aromatic carbocycles. The average molecular weight is 296 g/mol. The van der Waals surface area contributed by atoms with Crippen LogP contribution < -0.4 is 0 Å². The van der Waals surface area contributed by atoms with Crippen LogP contribution in [0.5, 0.6) is 0 Å². The molecule has 2 rings (SSSR count). The zero-order valence-electron chi connectivity index (χ0n) is 11.4. The van der Waals surface area contributed by atoms with Gasteiger partial charge in [0.15, 0.2) is 0 Å². The minimum atomic E-state index is -4.42. The Morgan fingerprint density at radius 1 is 1.05 bits per heavy atom. The minimum absolute atomic E-state index is 0.212. The highest BCUT2D eigenvalue weighted by atomic mass is 19.4. The molecule has 0 fully saturated rings. The summed E-state index contributed by atoms with van der Waals surface area (Å²) in [6.07, 6.45) is -5.51. The number of alkyl halides is 3. The topological polar surface area (TPSA) is 29.5 Å². The fourth-order valence-corrected chi connectivity index (χ4v) is 2.04. The second-order valence-corrected chi connectivity index (χ2v) is 4.70. The molecular formula is C16H15F3O2. The first-order valence-electron chi connectivity index (χ1n) is 6.35. The number of aliphatic hydroxyl groups is 1. The molecule has 1 N–H and O–H groups in total. The van der Waals surface area contributed by atoms with Crippen LogP contribution in [0, 0.1) is 0 Å². The van der Waals surface area contributed by atoms with Crippen molar-refractivity contribution in [1.29, 1.82) is 0 Å². The number of hydrogen-bond acceptors (Lipinski definition) is 2. The zero-order valence-corrected chi connectivity index (χ0v) is 11.4. The van der Waals surface area contributed by atoms with Gasteiger partial charge in [-0.25, -0.2) is 0 Å². The number of hydrogen-bond donors (Lipinski definition) is 1. The summed E-state index contributed by atoms with van der Waals surface area (Å²) in [6.45, 7) is 0.444. The molecule has 0 heterocycles. The largest absolute Gasteiger partial charge is 0.416 e. The first kappa shape index (κ1) is 15.5. The van der Waals surface area contributed by atoms with Crippen LogP contribution in [0.1, 0.15) is 28.4 Å². The Morgan fingerprint density at radius 3 is 2.29 bits per heavy atom. The molecule has 0 amide bonds. The maximum Gasteiger partial charge on any atom is 0.416 e. The van der Waals surface area contributed by atoms with Crippen LogP contribution in [0.3, 0.4) is 0 Å². The van der Waals surface area contributed by atoms with E-state index in [1.54, 1.807) is 31.4 Å². The fraction of sp³-hybridized carbons (Fsp3) is 0.250. The molecule has 0 aliphatic heterocycles. The van der Waals surface area contributed by atoms with Crippen molar-refractivity contribution in [2.24, 2.45) is 0 Å². The Balaban J connectivity index is 2.25. The van der Waals surface area contributed by atoms with Crippen molar-refractivity contribution in [2.75, 3.05) is 7.11 Å². The summed E-state index contributed by atoms with van der Waals surface area (Å²) in [5.74, 6) is 0. The lowest BCUT2D eigenvalue weighted by Gasteiger charge is -2.14. The minimum Gasteiger partial charge on any atom is -0.384 e. The highest BCUT2D eigenvalue weighted by Gasteiger charge is 2.30. The van der Waals surface area contributed by atoms with Crippen LogP contribution in [0.15, 0.2) is 48.5 Å². The lowest BCUT2D eigenvalue weighted by atomic mass is 9.99. The van der Waals surface area contributed by atoms with Gasteiger partial charge in [-0.3, -0.25) is 0 Å². The molecule has 0 saturated carbocycles. The second kappa shape index (κ2) is 6.28. The van der Waals surface area contributed by atoms with Gasteiger partial charge in [-0.1, -0.05) is 36.4 Å². The van der Waals surface area contributed by atoms with E-state index in [4.69, 9.17) is 4.74 Å². The second-order valence-electron chi connectivity index (χ2n) is 4.70. The van der Waals surface area contributed by atoms with E-state index in [-0.39, 0.29) is 5.56 Å². The molecule has 1 atom stereocenters. The number of benzene rings is 2. The summed E-state index contributed by atoms with van der Waals surface area (Å²) in [5.41, 5.74) is 0.908. The normalized spacial score (nSPS) is 13.2. The van der Waals surface area contributed by atoms with Gasteiger partial charge in [-0.2, -0.15) is 13.2 Å². The molecule has 1 unspecified atom stereocenters. The molecular weight excluding hydrogens is 281 g/mol. The van der Waals surface area contributed by atoms with Crippen molar-refractivity contribution in [3.63, 3.8) is 0 Å². The highest BCUT2D eigenvalue weighted by molar-refractivity contribution is 5.34. The van der Waals surface area contributed by atoms with Crippen molar-refractivity contribution in [2.45, 2.75) is 18.9 Å². The molecule has 0 aromatic heterocycles. The van der Waals surface area contributed by atoms with Gasteiger partial charge in [0, 0.05) is 7.11 Å². The Kier molecular flexibility index (Phi) is 4.65. The molecule has 5 heteroatoms. The van der Waals surface area contributed by atoms with Crippen LogP contribution >= 0.6 is 0 Å². The summed E-state index contributed by atoms with van der Waals surface area (Å²) in [6, 6.07) is 11.6. The zero-order chi connectivity index (χ0) is 15.5. The lowest BCUT2D eigenvalue weighted by Crippen LogP contribution is -2.07. The maximum absolute atomic E-state index is 12.7. The van der Waals surface area contributed by atoms with E-state index in [1.807, 2.05) is 0 Å². The van der Waals surface area contributed by atoms with Gasteiger partial charge >= 0.3 is 6.18 Å².